The largest absolute Gasteiger partial charge is 0.487 e. The Morgan fingerprint density at radius 1 is 1.16 bits per heavy atom. The summed E-state index contributed by atoms with van der Waals surface area (Å²) >= 11 is 0. The first kappa shape index (κ1) is 11.6. The van der Waals surface area contributed by atoms with Crippen molar-refractivity contribution in [2.45, 2.75) is 6.92 Å². The van der Waals surface area contributed by atoms with Crippen LogP contribution in [0.2, 0.25) is 0 Å². The number of aromatic amines is 1. The highest BCUT2D eigenvalue weighted by atomic mass is 16.5. The molecule has 0 saturated heterocycles. The summed E-state index contributed by atoms with van der Waals surface area (Å²) in [5.41, 5.74) is 2.69. The van der Waals surface area contributed by atoms with Gasteiger partial charge in [0.25, 0.3) is 0 Å². The van der Waals surface area contributed by atoms with Crippen LogP contribution in [0, 0.1) is 0 Å². The minimum Gasteiger partial charge on any atom is -0.487 e. The Hall–Kier alpha value is -2.49. The van der Waals surface area contributed by atoms with Gasteiger partial charge in [-0.15, -0.1) is 0 Å². The van der Waals surface area contributed by atoms with E-state index in [4.69, 9.17) is 9.94 Å². The Bertz CT molecular complexity index is 759. The smallest absolute Gasteiger partial charge is 0.129 e. The number of H-pyrrole nitrogens is 1. The first-order valence-electron chi connectivity index (χ1n) is 6.09. The van der Waals surface area contributed by atoms with Crippen LogP contribution in [0.4, 0.5) is 0 Å². The average molecular weight is 254 g/mol. The minimum atomic E-state index is 0.280. The quantitative estimate of drug-likeness (QED) is 0.426. The van der Waals surface area contributed by atoms with Gasteiger partial charge in [0.15, 0.2) is 0 Å². The fourth-order valence-corrected chi connectivity index (χ4v) is 2.14. The second-order valence-corrected chi connectivity index (χ2v) is 4.50. The third-order valence-corrected chi connectivity index (χ3v) is 3.10. The summed E-state index contributed by atoms with van der Waals surface area (Å²) in [7, 11) is 0. The number of rotatable bonds is 3. The maximum absolute atomic E-state index is 8.58. The van der Waals surface area contributed by atoms with E-state index in [1.54, 1.807) is 6.92 Å². The van der Waals surface area contributed by atoms with Crippen molar-refractivity contribution in [3.8, 4) is 5.75 Å². The highest BCUT2D eigenvalue weighted by molar-refractivity contribution is 6.07. The van der Waals surface area contributed by atoms with Crippen LogP contribution < -0.4 is 4.74 Å². The summed E-state index contributed by atoms with van der Waals surface area (Å²) in [6.07, 6.45) is 0. The van der Waals surface area contributed by atoms with Gasteiger partial charge in [-0.2, -0.15) is 0 Å². The van der Waals surface area contributed by atoms with Crippen molar-refractivity contribution in [1.82, 2.24) is 4.98 Å². The van der Waals surface area contributed by atoms with Crippen LogP contribution in [0.5, 0.6) is 5.75 Å². The number of aromatic nitrogens is 1. The van der Waals surface area contributed by atoms with E-state index in [9.17, 15) is 0 Å². The highest BCUT2D eigenvalue weighted by Crippen LogP contribution is 2.28. The fourth-order valence-electron chi connectivity index (χ4n) is 2.14. The summed E-state index contributed by atoms with van der Waals surface area (Å²) in [5, 5.41) is 14.0. The molecule has 3 aromatic rings. The second kappa shape index (κ2) is 4.65. The summed E-state index contributed by atoms with van der Waals surface area (Å²) in [6.45, 7) is 1.99. The van der Waals surface area contributed by atoms with Crippen molar-refractivity contribution in [2.24, 2.45) is 5.16 Å². The number of nitrogens with zero attached hydrogens (tertiary/aromatic N) is 1. The molecule has 0 unspecified atom stereocenters. The zero-order valence-corrected chi connectivity index (χ0v) is 10.6. The summed E-state index contributed by atoms with van der Waals surface area (Å²) < 4.78 is 5.55. The number of benzene rings is 2. The van der Waals surface area contributed by atoms with Gasteiger partial charge >= 0.3 is 0 Å². The van der Waals surface area contributed by atoms with E-state index in [-0.39, 0.29) is 6.61 Å². The predicted octanol–water partition coefficient (Wildman–Crippen LogP) is 3.55. The molecule has 3 rings (SSSR count). The Kier molecular flexibility index (Phi) is 2.83. The number of fused-ring (bicyclic) bond motifs is 3. The fraction of sp³-hybridized carbons (Fsp3) is 0.133. The normalized spacial score (nSPS) is 12.2. The van der Waals surface area contributed by atoms with Crippen LogP contribution in [-0.4, -0.2) is 22.5 Å². The maximum Gasteiger partial charge on any atom is 0.129 e. The molecule has 1 aromatic heterocycles. The molecule has 0 fully saturated rings. The molecule has 0 aliphatic rings. The van der Waals surface area contributed by atoms with Crippen LogP contribution >= 0.6 is 0 Å². The van der Waals surface area contributed by atoms with E-state index in [0.717, 1.165) is 16.8 Å². The second-order valence-electron chi connectivity index (χ2n) is 4.50. The van der Waals surface area contributed by atoms with Gasteiger partial charge in [0, 0.05) is 22.4 Å². The zero-order valence-electron chi connectivity index (χ0n) is 10.6. The lowest BCUT2D eigenvalue weighted by Gasteiger charge is -2.04. The Balaban J connectivity index is 1.99. The Morgan fingerprint density at radius 2 is 1.95 bits per heavy atom. The molecule has 0 spiro atoms. The molecule has 96 valence electrons. The average Bonchev–Trinajstić information content (AvgIpc) is 2.82. The van der Waals surface area contributed by atoms with E-state index >= 15 is 0 Å². The highest BCUT2D eigenvalue weighted by Gasteiger charge is 2.05. The van der Waals surface area contributed by atoms with Crippen LogP contribution in [0.3, 0.4) is 0 Å². The minimum absolute atomic E-state index is 0.280. The van der Waals surface area contributed by atoms with Crippen molar-refractivity contribution in [2.75, 3.05) is 6.61 Å². The summed E-state index contributed by atoms with van der Waals surface area (Å²) in [4.78, 5) is 3.36. The number of hydrogen-bond acceptors (Lipinski definition) is 3. The first-order valence-corrected chi connectivity index (χ1v) is 6.09. The lowest BCUT2D eigenvalue weighted by molar-refractivity contribution is 0.307. The topological polar surface area (TPSA) is 57.6 Å². The van der Waals surface area contributed by atoms with Crippen molar-refractivity contribution in [3.05, 3.63) is 42.5 Å². The molecule has 0 amide bonds. The summed E-state index contributed by atoms with van der Waals surface area (Å²) in [6, 6.07) is 14.1. The molecule has 0 atom stereocenters. The molecular weight excluding hydrogens is 240 g/mol. The molecule has 0 bridgehead atoms. The van der Waals surface area contributed by atoms with Gasteiger partial charge in [0.05, 0.1) is 11.2 Å². The molecule has 0 aliphatic carbocycles. The van der Waals surface area contributed by atoms with Gasteiger partial charge in [-0.25, -0.2) is 0 Å². The Morgan fingerprint density at radius 3 is 2.79 bits per heavy atom. The summed E-state index contributed by atoms with van der Waals surface area (Å²) in [5.74, 6) is 0.752. The van der Waals surface area contributed by atoms with E-state index in [2.05, 4.69) is 22.3 Å². The Labute approximate surface area is 110 Å². The zero-order chi connectivity index (χ0) is 13.2. The van der Waals surface area contributed by atoms with Gasteiger partial charge in [-0.05, 0) is 25.1 Å². The van der Waals surface area contributed by atoms with Crippen molar-refractivity contribution >= 4 is 27.5 Å². The molecule has 0 saturated carbocycles. The molecule has 2 N–H and O–H groups in total. The van der Waals surface area contributed by atoms with E-state index in [1.165, 1.54) is 10.8 Å². The van der Waals surface area contributed by atoms with E-state index in [0.29, 0.717) is 5.71 Å². The number of para-hydroxylation sites is 1. The number of ether oxygens (including phenoxy) is 1. The van der Waals surface area contributed by atoms with E-state index in [1.807, 2.05) is 30.3 Å². The third-order valence-electron chi connectivity index (χ3n) is 3.10. The molecule has 4 heteroatoms. The third kappa shape index (κ3) is 2.12. The number of nitrogens with one attached hydrogen (secondary N) is 1. The standard InChI is InChI=1S/C15H14N2O2/c1-10(17-18)9-19-11-6-7-13-12-4-2-3-5-14(12)16-15(13)8-11/h2-8,16,18H,9H2,1H3/b17-10+. The van der Waals surface area contributed by atoms with Gasteiger partial charge in [0.2, 0.25) is 0 Å². The van der Waals surface area contributed by atoms with Crippen LogP contribution in [-0.2, 0) is 0 Å². The molecule has 0 aliphatic heterocycles. The van der Waals surface area contributed by atoms with Crippen molar-refractivity contribution < 1.29 is 9.94 Å². The lowest BCUT2D eigenvalue weighted by Crippen LogP contribution is -2.07. The predicted molar refractivity (Wildman–Crippen MR) is 76.2 cm³/mol. The van der Waals surface area contributed by atoms with Gasteiger partial charge in [-0.3, -0.25) is 0 Å². The number of oxime groups is 1. The monoisotopic (exact) mass is 254 g/mol. The van der Waals surface area contributed by atoms with Crippen molar-refractivity contribution in [1.29, 1.82) is 0 Å². The molecule has 0 radical (unpaired) electrons. The lowest BCUT2D eigenvalue weighted by atomic mass is 10.1. The van der Waals surface area contributed by atoms with Gasteiger partial charge < -0.3 is 14.9 Å². The number of hydrogen-bond donors (Lipinski definition) is 2. The maximum atomic E-state index is 8.58. The van der Waals surface area contributed by atoms with Crippen LogP contribution in [0.25, 0.3) is 21.8 Å². The molecule has 1 heterocycles. The van der Waals surface area contributed by atoms with E-state index < -0.39 is 0 Å². The van der Waals surface area contributed by atoms with Gasteiger partial charge in [0.1, 0.15) is 12.4 Å². The molecular formula is C15H14N2O2. The van der Waals surface area contributed by atoms with Crippen molar-refractivity contribution in [3.63, 3.8) is 0 Å². The SMILES string of the molecule is C/C(COc1ccc2c(c1)[nH]c1ccccc12)=N\O. The van der Waals surface area contributed by atoms with Gasteiger partial charge in [-0.1, -0.05) is 23.4 Å². The molecule has 19 heavy (non-hydrogen) atoms. The van der Waals surface area contributed by atoms with Crippen LogP contribution in [0.1, 0.15) is 6.92 Å². The van der Waals surface area contributed by atoms with Crippen LogP contribution in [0.15, 0.2) is 47.6 Å². The molecule has 2 aromatic carbocycles. The molecule has 4 nitrogen and oxygen atoms in total. The first-order chi connectivity index (χ1) is 9.28.